The fraction of sp³-hybridized carbons (Fsp3) is 0.188. The van der Waals surface area contributed by atoms with Crippen molar-refractivity contribution in [2.45, 2.75) is 13.5 Å². The third-order valence-corrected chi connectivity index (χ3v) is 2.94. The number of nitrogens with one attached hydrogen (secondary N) is 2. The second kappa shape index (κ2) is 7.21. The zero-order valence-corrected chi connectivity index (χ0v) is 12.4. The van der Waals surface area contributed by atoms with Gasteiger partial charge in [-0.1, -0.05) is 6.07 Å². The lowest BCUT2D eigenvalue weighted by Crippen LogP contribution is -2.28. The average Bonchev–Trinajstić information content (AvgIpc) is 2.53. The molecule has 2 amide bonds. The van der Waals surface area contributed by atoms with Gasteiger partial charge in [-0.2, -0.15) is 0 Å². The van der Waals surface area contributed by atoms with Crippen molar-refractivity contribution < 1.29 is 14.3 Å². The number of urea groups is 1. The second-order valence-corrected chi connectivity index (χ2v) is 4.65. The van der Waals surface area contributed by atoms with Crippen molar-refractivity contribution in [3.05, 3.63) is 59.4 Å². The Balaban J connectivity index is 1.88. The molecule has 0 aliphatic heterocycles. The molecular formula is C16H17N3O3. The van der Waals surface area contributed by atoms with Gasteiger partial charge in [0.15, 0.2) is 0 Å². The van der Waals surface area contributed by atoms with Gasteiger partial charge in [-0.3, -0.25) is 4.98 Å². The summed E-state index contributed by atoms with van der Waals surface area (Å²) in [6, 6.07) is 11.7. The lowest BCUT2D eigenvalue weighted by molar-refractivity contribution is 0.0601. The Labute approximate surface area is 128 Å². The molecule has 0 fully saturated rings. The fourth-order valence-corrected chi connectivity index (χ4v) is 1.85. The van der Waals surface area contributed by atoms with E-state index in [0.29, 0.717) is 17.8 Å². The fourth-order valence-electron chi connectivity index (χ4n) is 1.85. The summed E-state index contributed by atoms with van der Waals surface area (Å²) in [5, 5.41) is 5.40. The Morgan fingerprint density at radius 2 is 1.86 bits per heavy atom. The average molecular weight is 299 g/mol. The molecule has 0 unspecified atom stereocenters. The van der Waals surface area contributed by atoms with Crippen LogP contribution in [-0.2, 0) is 11.3 Å². The predicted octanol–water partition coefficient (Wildman–Crippen LogP) is 2.50. The van der Waals surface area contributed by atoms with Crippen molar-refractivity contribution in [1.82, 2.24) is 10.3 Å². The minimum Gasteiger partial charge on any atom is -0.465 e. The zero-order chi connectivity index (χ0) is 15.9. The molecular weight excluding hydrogens is 282 g/mol. The highest BCUT2D eigenvalue weighted by Crippen LogP contribution is 2.10. The van der Waals surface area contributed by atoms with Gasteiger partial charge in [-0.25, -0.2) is 9.59 Å². The van der Waals surface area contributed by atoms with Gasteiger partial charge < -0.3 is 15.4 Å². The number of hydrogen-bond acceptors (Lipinski definition) is 4. The molecule has 0 saturated heterocycles. The third kappa shape index (κ3) is 4.31. The zero-order valence-electron chi connectivity index (χ0n) is 12.4. The van der Waals surface area contributed by atoms with Crippen molar-refractivity contribution in [1.29, 1.82) is 0 Å². The van der Waals surface area contributed by atoms with Crippen LogP contribution in [0.25, 0.3) is 0 Å². The number of aryl methyl sites for hydroxylation is 1. The number of nitrogens with zero attached hydrogens (tertiary/aromatic N) is 1. The van der Waals surface area contributed by atoms with Gasteiger partial charge in [0, 0.05) is 11.4 Å². The number of carbonyl (C=O) groups is 2. The number of amides is 2. The molecule has 2 aromatic rings. The molecule has 0 bridgehead atoms. The van der Waals surface area contributed by atoms with Crippen LogP contribution in [-0.4, -0.2) is 24.1 Å². The van der Waals surface area contributed by atoms with Gasteiger partial charge in [0.2, 0.25) is 0 Å². The number of pyridine rings is 1. The van der Waals surface area contributed by atoms with Crippen LogP contribution in [0.15, 0.2) is 42.5 Å². The number of benzene rings is 1. The van der Waals surface area contributed by atoms with Crippen LogP contribution in [0, 0.1) is 6.92 Å². The molecule has 0 radical (unpaired) electrons. The maximum Gasteiger partial charge on any atom is 0.337 e. The Hall–Kier alpha value is -2.89. The summed E-state index contributed by atoms with van der Waals surface area (Å²) in [7, 11) is 1.32. The highest BCUT2D eigenvalue weighted by atomic mass is 16.5. The van der Waals surface area contributed by atoms with Crippen LogP contribution < -0.4 is 10.6 Å². The summed E-state index contributed by atoms with van der Waals surface area (Å²) in [6.07, 6.45) is 0. The van der Waals surface area contributed by atoms with E-state index in [0.717, 1.165) is 11.4 Å². The first-order valence-corrected chi connectivity index (χ1v) is 6.74. The van der Waals surface area contributed by atoms with E-state index in [2.05, 4.69) is 20.4 Å². The lowest BCUT2D eigenvalue weighted by atomic mass is 10.2. The number of anilines is 1. The minimum absolute atomic E-state index is 0.339. The molecule has 0 aliphatic rings. The first-order chi connectivity index (χ1) is 10.6. The van der Waals surface area contributed by atoms with Crippen LogP contribution in [0.5, 0.6) is 0 Å². The van der Waals surface area contributed by atoms with Crippen LogP contribution in [0.4, 0.5) is 10.5 Å². The number of esters is 1. The van der Waals surface area contributed by atoms with Gasteiger partial charge in [0.05, 0.1) is 24.9 Å². The number of carbonyl (C=O) groups excluding carboxylic acids is 2. The molecule has 1 aromatic carbocycles. The summed E-state index contributed by atoms with van der Waals surface area (Å²) < 4.78 is 4.61. The first kappa shape index (κ1) is 15.5. The topological polar surface area (TPSA) is 80.3 Å². The number of methoxy groups -OCH3 is 1. The third-order valence-electron chi connectivity index (χ3n) is 2.94. The molecule has 1 aromatic heterocycles. The summed E-state index contributed by atoms with van der Waals surface area (Å²) in [5.41, 5.74) is 2.70. The Kier molecular flexibility index (Phi) is 5.08. The second-order valence-electron chi connectivity index (χ2n) is 4.65. The van der Waals surface area contributed by atoms with E-state index in [9.17, 15) is 9.59 Å². The number of ether oxygens (including phenoxy) is 1. The Bertz CT molecular complexity index is 669. The first-order valence-electron chi connectivity index (χ1n) is 6.74. The van der Waals surface area contributed by atoms with Crippen molar-refractivity contribution >= 4 is 17.7 Å². The normalized spacial score (nSPS) is 9.91. The van der Waals surface area contributed by atoms with E-state index in [1.165, 1.54) is 7.11 Å². The smallest absolute Gasteiger partial charge is 0.337 e. The van der Waals surface area contributed by atoms with E-state index in [1.807, 2.05) is 25.1 Å². The van der Waals surface area contributed by atoms with Crippen LogP contribution in [0.2, 0.25) is 0 Å². The predicted molar refractivity (Wildman–Crippen MR) is 82.6 cm³/mol. The summed E-state index contributed by atoms with van der Waals surface area (Å²) >= 11 is 0. The highest BCUT2D eigenvalue weighted by Gasteiger charge is 2.06. The molecule has 6 heteroatoms. The Morgan fingerprint density at radius 1 is 1.14 bits per heavy atom. The maximum atomic E-state index is 11.8. The van der Waals surface area contributed by atoms with Crippen molar-refractivity contribution in [2.24, 2.45) is 0 Å². The van der Waals surface area contributed by atoms with E-state index < -0.39 is 5.97 Å². The molecule has 114 valence electrons. The van der Waals surface area contributed by atoms with Crippen molar-refractivity contribution in [3.8, 4) is 0 Å². The van der Waals surface area contributed by atoms with Gasteiger partial charge in [-0.05, 0) is 43.3 Å². The van der Waals surface area contributed by atoms with E-state index in [-0.39, 0.29) is 6.03 Å². The molecule has 0 aliphatic carbocycles. The Morgan fingerprint density at radius 3 is 2.50 bits per heavy atom. The number of aromatic nitrogens is 1. The van der Waals surface area contributed by atoms with Crippen molar-refractivity contribution in [2.75, 3.05) is 12.4 Å². The molecule has 22 heavy (non-hydrogen) atoms. The summed E-state index contributed by atoms with van der Waals surface area (Å²) in [6.45, 7) is 2.24. The molecule has 0 saturated carbocycles. The van der Waals surface area contributed by atoms with Gasteiger partial charge in [0.1, 0.15) is 0 Å². The molecule has 6 nitrogen and oxygen atoms in total. The maximum absolute atomic E-state index is 11.8. The molecule has 1 heterocycles. The SMILES string of the molecule is COC(=O)c1ccc(NC(=O)NCc2cccc(C)n2)cc1. The van der Waals surface area contributed by atoms with Crippen molar-refractivity contribution in [3.63, 3.8) is 0 Å². The monoisotopic (exact) mass is 299 g/mol. The highest BCUT2D eigenvalue weighted by molar-refractivity contribution is 5.92. The van der Waals surface area contributed by atoms with Gasteiger partial charge >= 0.3 is 12.0 Å². The number of hydrogen-bond donors (Lipinski definition) is 2. The standard InChI is InChI=1S/C16H17N3O3/c1-11-4-3-5-14(18-11)10-17-16(21)19-13-8-6-12(7-9-13)15(20)22-2/h3-9H,10H2,1-2H3,(H2,17,19,21). The summed E-state index contributed by atoms with van der Waals surface area (Å²) in [4.78, 5) is 27.4. The van der Waals surface area contributed by atoms with Gasteiger partial charge in [0.25, 0.3) is 0 Å². The number of rotatable bonds is 4. The molecule has 0 spiro atoms. The largest absolute Gasteiger partial charge is 0.465 e. The van der Waals surface area contributed by atoms with Gasteiger partial charge in [-0.15, -0.1) is 0 Å². The molecule has 2 N–H and O–H groups in total. The molecule has 0 atom stereocenters. The summed E-state index contributed by atoms with van der Waals surface area (Å²) in [5.74, 6) is -0.415. The van der Waals surface area contributed by atoms with E-state index in [1.54, 1.807) is 24.3 Å². The van der Waals surface area contributed by atoms with Crippen LogP contribution in [0.3, 0.4) is 0 Å². The van der Waals surface area contributed by atoms with Crippen LogP contribution >= 0.6 is 0 Å². The molecule has 2 rings (SSSR count). The van der Waals surface area contributed by atoms with E-state index in [4.69, 9.17) is 0 Å². The minimum atomic E-state index is -0.415. The lowest BCUT2D eigenvalue weighted by Gasteiger charge is -2.08. The quantitative estimate of drug-likeness (QED) is 0.850. The van der Waals surface area contributed by atoms with E-state index >= 15 is 0 Å². The van der Waals surface area contributed by atoms with Crippen LogP contribution in [0.1, 0.15) is 21.7 Å².